The predicted octanol–water partition coefficient (Wildman–Crippen LogP) is 4.55. The zero-order chi connectivity index (χ0) is 16.2. The Hall–Kier alpha value is -3.12. The number of nitriles is 1. The Morgan fingerprint density at radius 2 is 1.83 bits per heavy atom. The van der Waals surface area contributed by atoms with Gasteiger partial charge >= 0.3 is 0 Å². The van der Waals surface area contributed by atoms with Crippen molar-refractivity contribution in [2.24, 2.45) is 0 Å². The fraction of sp³-hybridized carbons (Fsp3) is 0.100. The van der Waals surface area contributed by atoms with Crippen molar-refractivity contribution in [2.45, 2.75) is 13.8 Å². The summed E-state index contributed by atoms with van der Waals surface area (Å²) in [7, 11) is 0. The molecule has 0 radical (unpaired) electrons. The van der Waals surface area contributed by atoms with E-state index in [0.29, 0.717) is 5.57 Å². The van der Waals surface area contributed by atoms with Crippen LogP contribution in [0, 0.1) is 25.2 Å². The van der Waals surface area contributed by atoms with E-state index in [1.54, 1.807) is 6.20 Å². The van der Waals surface area contributed by atoms with Gasteiger partial charge in [-0.25, -0.2) is 4.98 Å². The second-order valence-corrected chi connectivity index (χ2v) is 5.39. The van der Waals surface area contributed by atoms with E-state index >= 15 is 0 Å². The number of benzene rings is 1. The molecular formula is C20H17N3. The van der Waals surface area contributed by atoms with Crippen LogP contribution in [0.25, 0.3) is 17.5 Å². The summed E-state index contributed by atoms with van der Waals surface area (Å²) in [6.07, 6.45) is 3.73. The summed E-state index contributed by atoms with van der Waals surface area (Å²) in [5, 5.41) is 9.49. The maximum atomic E-state index is 9.49. The maximum Gasteiger partial charge on any atom is 0.136 e. The van der Waals surface area contributed by atoms with E-state index in [1.807, 2.05) is 68.5 Å². The Balaban J connectivity index is 2.09. The van der Waals surface area contributed by atoms with Gasteiger partial charge in [0.1, 0.15) is 5.82 Å². The van der Waals surface area contributed by atoms with Crippen LogP contribution in [-0.4, -0.2) is 9.55 Å². The zero-order valence-electron chi connectivity index (χ0n) is 13.2. The molecule has 0 N–H and O–H groups in total. The van der Waals surface area contributed by atoms with Crippen molar-refractivity contribution in [3.8, 4) is 11.9 Å². The molecule has 0 saturated heterocycles. The van der Waals surface area contributed by atoms with Gasteiger partial charge in [-0.15, -0.1) is 0 Å². The van der Waals surface area contributed by atoms with Gasteiger partial charge in [0.2, 0.25) is 0 Å². The second kappa shape index (κ2) is 6.33. The van der Waals surface area contributed by atoms with Gasteiger partial charge in [0.25, 0.3) is 0 Å². The summed E-state index contributed by atoms with van der Waals surface area (Å²) < 4.78 is 2.10. The van der Waals surface area contributed by atoms with Gasteiger partial charge in [0.05, 0.1) is 11.6 Å². The van der Waals surface area contributed by atoms with Gasteiger partial charge in [-0.1, -0.05) is 36.4 Å². The average Bonchev–Trinajstić information content (AvgIpc) is 2.88. The van der Waals surface area contributed by atoms with E-state index in [-0.39, 0.29) is 0 Å². The normalized spacial score (nSPS) is 11.3. The Morgan fingerprint density at radius 3 is 2.48 bits per heavy atom. The smallest absolute Gasteiger partial charge is 0.136 e. The Bertz CT molecular complexity index is 882. The molecule has 0 fully saturated rings. The Morgan fingerprint density at radius 1 is 1.09 bits per heavy atom. The summed E-state index contributed by atoms with van der Waals surface area (Å²) in [4.78, 5) is 4.42. The van der Waals surface area contributed by atoms with Gasteiger partial charge in [-0.3, -0.25) is 0 Å². The van der Waals surface area contributed by atoms with Crippen molar-refractivity contribution >= 4 is 11.6 Å². The lowest BCUT2D eigenvalue weighted by Crippen LogP contribution is -2.01. The van der Waals surface area contributed by atoms with E-state index in [0.717, 1.165) is 28.3 Å². The topological polar surface area (TPSA) is 41.6 Å². The van der Waals surface area contributed by atoms with Crippen LogP contribution in [0.15, 0.2) is 60.8 Å². The molecule has 1 aromatic carbocycles. The van der Waals surface area contributed by atoms with Gasteiger partial charge in [-0.05, 0) is 49.2 Å². The molecule has 0 amide bonds. The fourth-order valence-electron chi connectivity index (χ4n) is 2.73. The summed E-state index contributed by atoms with van der Waals surface area (Å²) in [6.45, 7) is 4.10. The van der Waals surface area contributed by atoms with Crippen molar-refractivity contribution < 1.29 is 0 Å². The molecule has 0 aliphatic carbocycles. The van der Waals surface area contributed by atoms with E-state index in [1.165, 1.54) is 0 Å². The van der Waals surface area contributed by atoms with Crippen LogP contribution >= 0.6 is 0 Å². The number of pyridine rings is 1. The van der Waals surface area contributed by atoms with E-state index in [2.05, 4.69) is 21.7 Å². The minimum Gasteiger partial charge on any atom is -0.303 e. The first-order valence-corrected chi connectivity index (χ1v) is 7.48. The molecule has 0 spiro atoms. The molecule has 3 nitrogen and oxygen atoms in total. The van der Waals surface area contributed by atoms with Gasteiger partial charge in [0.15, 0.2) is 0 Å². The first-order valence-electron chi connectivity index (χ1n) is 7.48. The molecule has 0 saturated carbocycles. The monoisotopic (exact) mass is 299 g/mol. The van der Waals surface area contributed by atoms with Crippen LogP contribution in [0.1, 0.15) is 22.5 Å². The molecule has 23 heavy (non-hydrogen) atoms. The molecule has 0 atom stereocenters. The minimum absolute atomic E-state index is 0.659. The molecule has 2 heterocycles. The van der Waals surface area contributed by atoms with E-state index in [4.69, 9.17) is 0 Å². The second-order valence-electron chi connectivity index (χ2n) is 5.39. The quantitative estimate of drug-likeness (QED) is 0.666. The Labute approximate surface area is 136 Å². The summed E-state index contributed by atoms with van der Waals surface area (Å²) in [6, 6.07) is 20.0. The molecule has 0 unspecified atom stereocenters. The number of aryl methyl sites for hydroxylation is 1. The lowest BCUT2D eigenvalue weighted by Gasteiger charge is -2.08. The molecule has 2 aromatic heterocycles. The van der Waals surface area contributed by atoms with Crippen LogP contribution < -0.4 is 0 Å². The predicted molar refractivity (Wildman–Crippen MR) is 93.0 cm³/mol. The molecule has 3 heteroatoms. The summed E-state index contributed by atoms with van der Waals surface area (Å²) in [5.41, 5.74) is 4.79. The molecule has 3 aromatic rings. The van der Waals surface area contributed by atoms with Gasteiger partial charge < -0.3 is 4.57 Å². The van der Waals surface area contributed by atoms with Crippen LogP contribution in [0.5, 0.6) is 0 Å². The lowest BCUT2D eigenvalue weighted by molar-refractivity contribution is 0.921. The van der Waals surface area contributed by atoms with Crippen molar-refractivity contribution in [1.29, 1.82) is 5.26 Å². The van der Waals surface area contributed by atoms with Crippen LogP contribution in [0.4, 0.5) is 0 Å². The number of hydrogen-bond acceptors (Lipinski definition) is 2. The van der Waals surface area contributed by atoms with Crippen molar-refractivity contribution in [2.75, 3.05) is 0 Å². The van der Waals surface area contributed by atoms with Crippen LogP contribution in [0.3, 0.4) is 0 Å². The number of aromatic nitrogens is 2. The highest BCUT2D eigenvalue weighted by Gasteiger charge is 2.11. The molecule has 0 aliphatic rings. The molecular weight excluding hydrogens is 282 g/mol. The highest BCUT2D eigenvalue weighted by atomic mass is 15.1. The zero-order valence-corrected chi connectivity index (χ0v) is 13.2. The van der Waals surface area contributed by atoms with Crippen LogP contribution in [-0.2, 0) is 0 Å². The molecule has 0 bridgehead atoms. The largest absolute Gasteiger partial charge is 0.303 e. The summed E-state index contributed by atoms with van der Waals surface area (Å²) >= 11 is 0. The number of nitrogens with zero attached hydrogens (tertiary/aromatic N) is 3. The highest BCUT2D eigenvalue weighted by molar-refractivity contribution is 5.90. The first kappa shape index (κ1) is 14.8. The summed E-state index contributed by atoms with van der Waals surface area (Å²) in [5.74, 6) is 0.889. The third-order valence-corrected chi connectivity index (χ3v) is 3.85. The third-order valence-electron chi connectivity index (χ3n) is 3.85. The lowest BCUT2D eigenvalue weighted by atomic mass is 10.0. The number of rotatable bonds is 3. The molecule has 112 valence electrons. The van der Waals surface area contributed by atoms with E-state index < -0.39 is 0 Å². The number of hydrogen-bond donors (Lipinski definition) is 0. The van der Waals surface area contributed by atoms with E-state index in [9.17, 15) is 5.26 Å². The van der Waals surface area contributed by atoms with Gasteiger partial charge in [0, 0.05) is 17.6 Å². The highest BCUT2D eigenvalue weighted by Crippen LogP contribution is 2.24. The van der Waals surface area contributed by atoms with Crippen molar-refractivity contribution in [3.05, 3.63) is 83.3 Å². The molecule has 3 rings (SSSR count). The SMILES string of the molecule is Cc1cc(/C=C(\C#N)c2ccccc2)c(C)n1-c1ccccn1. The minimum atomic E-state index is 0.659. The van der Waals surface area contributed by atoms with Crippen molar-refractivity contribution in [3.63, 3.8) is 0 Å². The standard InChI is InChI=1S/C20H17N3/c1-15-12-18(13-19(14-21)17-8-4-3-5-9-17)16(2)23(15)20-10-6-7-11-22-20/h3-13H,1-2H3/b19-13+. The Kier molecular flexibility index (Phi) is 4.07. The van der Waals surface area contributed by atoms with Gasteiger partial charge in [-0.2, -0.15) is 5.26 Å². The fourth-order valence-corrected chi connectivity index (χ4v) is 2.73. The average molecular weight is 299 g/mol. The van der Waals surface area contributed by atoms with Crippen molar-refractivity contribution in [1.82, 2.24) is 9.55 Å². The first-order chi connectivity index (χ1) is 11.2. The maximum absolute atomic E-state index is 9.49. The molecule has 0 aliphatic heterocycles. The number of allylic oxidation sites excluding steroid dienone is 1. The van der Waals surface area contributed by atoms with Crippen LogP contribution in [0.2, 0.25) is 0 Å². The third kappa shape index (κ3) is 2.93.